The van der Waals surface area contributed by atoms with Crippen molar-refractivity contribution in [1.29, 1.82) is 0 Å². The van der Waals surface area contributed by atoms with Gasteiger partial charge in [0.05, 0.1) is 0 Å². The Morgan fingerprint density at radius 1 is 0.643 bits per heavy atom. The van der Waals surface area contributed by atoms with Crippen LogP contribution in [0.4, 0.5) is 0 Å². The minimum absolute atomic E-state index is 0.658. The van der Waals surface area contributed by atoms with E-state index >= 15 is 0 Å². The Hall–Kier alpha value is -0.470. The van der Waals surface area contributed by atoms with Gasteiger partial charge in [-0.05, 0) is 5.46 Å². The Morgan fingerprint density at radius 2 is 0.929 bits per heavy atom. The topological polar surface area (TPSA) is 40.5 Å². The maximum atomic E-state index is 9.28. The predicted octanol–water partition coefficient (Wildman–Crippen LogP) is -9.34. The second kappa shape index (κ2) is 3.95. The van der Waals surface area contributed by atoms with Gasteiger partial charge < -0.3 is 10.0 Å². The minimum atomic E-state index is -1.37. The van der Waals surface area contributed by atoms with E-state index in [4.69, 9.17) is 0 Å². The van der Waals surface area contributed by atoms with Crippen LogP contribution in [0, 0.1) is 0 Å². The average Bonchev–Trinajstić information content (AvgIpc) is 2.11. The first-order chi connectivity index (χ1) is 6.37. The molecule has 0 saturated carbocycles. The smallest absolute Gasteiger partial charge is 0.423 e. The molecular weight excluding hydrogens is 169 g/mol. The lowest BCUT2D eigenvalue weighted by molar-refractivity contribution is 0.426. The van der Waals surface area contributed by atoms with Gasteiger partial charge in [0.15, 0.2) is 0 Å². The van der Waals surface area contributed by atoms with Gasteiger partial charge in [-0.3, -0.25) is 0 Å². The maximum Gasteiger partial charge on any atom is 0.487 e. The summed E-state index contributed by atoms with van der Waals surface area (Å²) in [7, 11) is 8.60. The van der Waals surface area contributed by atoms with Crippen molar-refractivity contribution >= 4 is 79.1 Å². The van der Waals surface area contributed by atoms with E-state index in [1.54, 1.807) is 0 Å². The summed E-state index contributed by atoms with van der Waals surface area (Å²) in [5, 5.41) is 18.6. The molecule has 1 aromatic carbocycles. The lowest BCUT2D eigenvalue weighted by atomic mass is 9.54. The zero-order valence-electron chi connectivity index (χ0n) is 9.47. The molecule has 0 aliphatic carbocycles. The van der Waals surface area contributed by atoms with Crippen LogP contribution in [0.2, 0.25) is 0 Å². The molecule has 1 aromatic rings. The third-order valence-electron chi connectivity index (χ3n) is 3.32. The van der Waals surface area contributed by atoms with Gasteiger partial charge in [-0.2, -0.15) is 0 Å². The molecule has 0 saturated heterocycles. The molecule has 1 rings (SSSR count). The molecule has 8 heteroatoms. The first kappa shape index (κ1) is 11.6. The fourth-order valence-electron chi connectivity index (χ4n) is 1.92. The molecule has 0 fully saturated rings. The Labute approximate surface area is 89.7 Å². The molecule has 0 atom stereocenters. The van der Waals surface area contributed by atoms with Gasteiger partial charge in [0.1, 0.15) is 39.2 Å². The van der Waals surface area contributed by atoms with Gasteiger partial charge in [0.2, 0.25) is 0 Å². The van der Waals surface area contributed by atoms with E-state index in [0.29, 0.717) is 5.46 Å². The molecule has 0 amide bonds. The van der Waals surface area contributed by atoms with Gasteiger partial charge in [-0.15, -0.1) is 16.4 Å². The van der Waals surface area contributed by atoms with Gasteiger partial charge in [-0.25, -0.2) is 0 Å². The second-order valence-corrected chi connectivity index (χ2v) is 3.91. The summed E-state index contributed by atoms with van der Waals surface area (Å²) < 4.78 is 0. The highest BCUT2D eigenvalue weighted by Gasteiger charge is 2.19. The van der Waals surface area contributed by atoms with E-state index in [0.717, 1.165) is 21.9 Å². The Balaban J connectivity index is 3.60. The summed E-state index contributed by atoms with van der Waals surface area (Å²) in [5.74, 6) is 0. The average molecular weight is 181 g/mol. The van der Waals surface area contributed by atoms with Gasteiger partial charge >= 0.3 is 7.12 Å². The van der Waals surface area contributed by atoms with Crippen molar-refractivity contribution in [2.24, 2.45) is 0 Å². The molecule has 66 valence electrons. The molecule has 0 aromatic heterocycles. The molecule has 0 spiro atoms. The van der Waals surface area contributed by atoms with Gasteiger partial charge in [0.25, 0.3) is 0 Å². The predicted molar refractivity (Wildman–Crippen MR) is 77.2 cm³/mol. The second-order valence-electron chi connectivity index (χ2n) is 3.91. The number of hydrogen-bond acceptors (Lipinski definition) is 2. The van der Waals surface area contributed by atoms with Crippen LogP contribution in [-0.2, 0) is 0 Å². The van der Waals surface area contributed by atoms with Crippen molar-refractivity contribution in [3.63, 3.8) is 0 Å². The van der Waals surface area contributed by atoms with Crippen molar-refractivity contribution in [2.45, 2.75) is 0 Å². The van der Waals surface area contributed by atoms with Crippen LogP contribution in [-0.4, -0.2) is 56.4 Å². The van der Waals surface area contributed by atoms with Crippen LogP contribution in [0.5, 0.6) is 0 Å². The van der Waals surface area contributed by atoms with Crippen LogP contribution in [0.25, 0.3) is 0 Å². The SMILES string of the molecule is Bc1c(B)c(B)c(B(O)O)c(B)c1B. The summed E-state index contributed by atoms with van der Waals surface area (Å²) in [4.78, 5) is 0. The van der Waals surface area contributed by atoms with Crippen LogP contribution in [0.1, 0.15) is 0 Å². The normalized spacial score (nSPS) is 10.1. The molecule has 0 heterocycles. The van der Waals surface area contributed by atoms with Crippen LogP contribution >= 0.6 is 0 Å². The molecular formula is C6H12B6O2. The highest BCUT2D eigenvalue weighted by atomic mass is 16.4. The summed E-state index contributed by atoms with van der Waals surface area (Å²) in [6, 6.07) is 0. The Bertz CT molecular complexity index is 348. The highest BCUT2D eigenvalue weighted by Crippen LogP contribution is 1.69. The quantitative estimate of drug-likeness (QED) is 0.422. The molecule has 0 bridgehead atoms. The molecule has 0 aliphatic rings. The molecule has 0 aliphatic heterocycles. The molecule has 14 heavy (non-hydrogen) atoms. The van der Waals surface area contributed by atoms with E-state index in [1.807, 2.05) is 31.4 Å². The first-order valence-electron chi connectivity index (χ1n) is 4.81. The standard InChI is InChI=1S/C6H12B6O2/c7-1-2(8)4(10)6(12(13)14)5(11)3(1)9/h13-14H,7-11H2. The van der Waals surface area contributed by atoms with Gasteiger partial charge in [-0.1, -0.05) is 10.9 Å². The van der Waals surface area contributed by atoms with Crippen molar-refractivity contribution in [3.8, 4) is 0 Å². The number of rotatable bonds is 1. The summed E-state index contributed by atoms with van der Waals surface area (Å²) in [6.45, 7) is 0. The first-order valence-corrected chi connectivity index (χ1v) is 4.81. The molecule has 0 radical (unpaired) electrons. The monoisotopic (exact) mass is 182 g/mol. The van der Waals surface area contributed by atoms with Crippen LogP contribution in [0.3, 0.4) is 0 Å². The lowest BCUT2D eigenvalue weighted by Gasteiger charge is -2.19. The van der Waals surface area contributed by atoms with Crippen molar-refractivity contribution in [2.75, 3.05) is 0 Å². The highest BCUT2D eigenvalue weighted by molar-refractivity contribution is 6.78. The van der Waals surface area contributed by atoms with E-state index in [-0.39, 0.29) is 0 Å². The summed E-state index contributed by atoms with van der Waals surface area (Å²) >= 11 is 0. The third-order valence-corrected chi connectivity index (χ3v) is 3.32. The zero-order chi connectivity index (χ0) is 11.0. The van der Waals surface area contributed by atoms with E-state index < -0.39 is 7.12 Å². The maximum absolute atomic E-state index is 9.28. The zero-order valence-corrected chi connectivity index (χ0v) is 9.47. The third kappa shape index (κ3) is 1.69. The fraction of sp³-hybridized carbons (Fsp3) is 0. The Kier molecular flexibility index (Phi) is 3.28. The minimum Gasteiger partial charge on any atom is -0.423 e. The molecule has 2 N–H and O–H groups in total. The number of benzene rings is 1. The van der Waals surface area contributed by atoms with Crippen molar-refractivity contribution < 1.29 is 10.0 Å². The summed E-state index contributed by atoms with van der Waals surface area (Å²) in [5.41, 5.74) is 6.17. The summed E-state index contributed by atoms with van der Waals surface area (Å²) in [6.07, 6.45) is 0. The van der Waals surface area contributed by atoms with E-state index in [1.165, 1.54) is 5.46 Å². The van der Waals surface area contributed by atoms with Gasteiger partial charge in [0, 0.05) is 0 Å². The Morgan fingerprint density at radius 3 is 1.21 bits per heavy atom. The molecule has 0 unspecified atom stereocenters. The van der Waals surface area contributed by atoms with Crippen molar-refractivity contribution in [3.05, 3.63) is 0 Å². The number of hydrogen-bond donors (Lipinski definition) is 2. The van der Waals surface area contributed by atoms with Crippen LogP contribution in [0.15, 0.2) is 0 Å². The lowest BCUT2D eigenvalue weighted by Crippen LogP contribution is -2.66. The van der Waals surface area contributed by atoms with Crippen molar-refractivity contribution in [1.82, 2.24) is 0 Å². The van der Waals surface area contributed by atoms with Crippen LogP contribution < -0.4 is 32.8 Å². The largest absolute Gasteiger partial charge is 0.487 e. The fourth-order valence-corrected chi connectivity index (χ4v) is 1.92. The van der Waals surface area contributed by atoms with E-state index in [9.17, 15) is 10.0 Å². The van der Waals surface area contributed by atoms with E-state index in [2.05, 4.69) is 7.85 Å². The molecule has 2 nitrogen and oxygen atoms in total.